The summed E-state index contributed by atoms with van der Waals surface area (Å²) in [7, 11) is 0. The molecule has 0 amide bonds. The molecule has 0 aliphatic rings. The Morgan fingerprint density at radius 3 is 2.76 bits per heavy atom. The van der Waals surface area contributed by atoms with Crippen LogP contribution in [0.25, 0.3) is 11.3 Å². The van der Waals surface area contributed by atoms with Crippen LogP contribution >= 0.6 is 23.3 Å². The first-order valence-corrected chi connectivity index (χ1v) is 8.21. The third-order valence-electron chi connectivity index (χ3n) is 2.96. The fraction of sp³-hybridized carbons (Fsp3) is 0.0625. The van der Waals surface area contributed by atoms with E-state index in [-0.39, 0.29) is 0 Å². The Morgan fingerprint density at radius 2 is 2.00 bits per heavy atom. The van der Waals surface area contributed by atoms with Gasteiger partial charge in [0.1, 0.15) is 0 Å². The fourth-order valence-electron chi connectivity index (χ4n) is 1.96. The molecule has 3 aromatic rings. The zero-order valence-electron chi connectivity index (χ0n) is 11.5. The number of nitrogen functional groups attached to an aromatic ring is 1. The lowest BCUT2D eigenvalue weighted by Gasteiger charge is -2.07. The largest absolute Gasteiger partial charge is 0.375 e. The average molecular weight is 313 g/mol. The molecule has 5 heteroatoms. The summed E-state index contributed by atoms with van der Waals surface area (Å²) in [5, 5.41) is 2.57. The normalized spacial score (nSPS) is 10.5. The van der Waals surface area contributed by atoms with E-state index in [0.717, 1.165) is 16.9 Å². The van der Waals surface area contributed by atoms with Crippen LogP contribution in [-0.4, -0.2) is 4.98 Å². The second kappa shape index (κ2) is 6.20. The Kier molecular flexibility index (Phi) is 4.13. The standard InChI is InChI=1S/C16H15N3S2/c1-11-4-2-7-14(8-11)21-19-13-6-3-5-12(9-13)15-10-20-16(17)18-15/h2-10,19H,1H3,(H2,17,18). The monoisotopic (exact) mass is 313 g/mol. The molecule has 106 valence electrons. The summed E-state index contributed by atoms with van der Waals surface area (Å²) >= 11 is 3.06. The highest BCUT2D eigenvalue weighted by molar-refractivity contribution is 8.00. The summed E-state index contributed by atoms with van der Waals surface area (Å²) in [5.41, 5.74) is 9.98. The molecule has 0 bridgehead atoms. The molecule has 0 radical (unpaired) electrons. The van der Waals surface area contributed by atoms with Crippen LogP contribution in [0.15, 0.2) is 58.8 Å². The highest BCUT2D eigenvalue weighted by Crippen LogP contribution is 2.27. The van der Waals surface area contributed by atoms with Gasteiger partial charge in [-0.1, -0.05) is 24.3 Å². The second-order valence-electron chi connectivity index (χ2n) is 4.67. The maximum Gasteiger partial charge on any atom is 0.180 e. The smallest absolute Gasteiger partial charge is 0.180 e. The molecule has 1 aromatic heterocycles. The molecule has 3 nitrogen and oxygen atoms in total. The van der Waals surface area contributed by atoms with Gasteiger partial charge < -0.3 is 10.5 Å². The van der Waals surface area contributed by atoms with Crippen molar-refractivity contribution in [2.24, 2.45) is 0 Å². The van der Waals surface area contributed by atoms with Crippen molar-refractivity contribution in [1.29, 1.82) is 0 Å². The first-order valence-electron chi connectivity index (χ1n) is 6.52. The molecular weight excluding hydrogens is 298 g/mol. The van der Waals surface area contributed by atoms with Gasteiger partial charge in [-0.3, -0.25) is 0 Å². The van der Waals surface area contributed by atoms with Gasteiger partial charge in [-0.15, -0.1) is 11.3 Å². The number of nitrogens with one attached hydrogen (secondary N) is 1. The van der Waals surface area contributed by atoms with Crippen molar-refractivity contribution in [3.8, 4) is 11.3 Å². The number of benzene rings is 2. The van der Waals surface area contributed by atoms with Crippen LogP contribution in [0.5, 0.6) is 0 Å². The molecule has 0 aliphatic heterocycles. The summed E-state index contributed by atoms with van der Waals surface area (Å²) in [6.45, 7) is 2.09. The fourth-order valence-corrected chi connectivity index (χ4v) is 3.29. The predicted molar refractivity (Wildman–Crippen MR) is 92.6 cm³/mol. The van der Waals surface area contributed by atoms with Crippen LogP contribution in [0.2, 0.25) is 0 Å². The molecule has 0 atom stereocenters. The van der Waals surface area contributed by atoms with Crippen molar-refractivity contribution in [1.82, 2.24) is 4.98 Å². The topological polar surface area (TPSA) is 50.9 Å². The minimum absolute atomic E-state index is 0.595. The first kappa shape index (κ1) is 14.0. The Morgan fingerprint density at radius 1 is 1.14 bits per heavy atom. The number of aromatic nitrogens is 1. The number of rotatable bonds is 4. The maximum absolute atomic E-state index is 5.69. The van der Waals surface area contributed by atoms with E-state index in [0.29, 0.717) is 5.13 Å². The van der Waals surface area contributed by atoms with Gasteiger partial charge in [0.15, 0.2) is 5.13 Å². The molecule has 0 aliphatic carbocycles. The van der Waals surface area contributed by atoms with Crippen LogP contribution in [0.4, 0.5) is 10.8 Å². The molecule has 2 aromatic carbocycles. The maximum atomic E-state index is 5.69. The zero-order chi connectivity index (χ0) is 14.7. The summed E-state index contributed by atoms with van der Waals surface area (Å²) in [4.78, 5) is 5.51. The number of hydrogen-bond donors (Lipinski definition) is 2. The van der Waals surface area contributed by atoms with Gasteiger partial charge in [-0.05, 0) is 48.7 Å². The van der Waals surface area contributed by atoms with Crippen LogP contribution in [0.3, 0.4) is 0 Å². The Bertz CT molecular complexity index is 753. The average Bonchev–Trinajstić information content (AvgIpc) is 2.92. The van der Waals surface area contributed by atoms with E-state index < -0.39 is 0 Å². The summed E-state index contributed by atoms with van der Waals surface area (Å²) in [5.74, 6) is 0. The van der Waals surface area contributed by atoms with Crippen molar-refractivity contribution < 1.29 is 0 Å². The minimum atomic E-state index is 0.595. The van der Waals surface area contributed by atoms with Crippen LogP contribution in [-0.2, 0) is 0 Å². The van der Waals surface area contributed by atoms with Gasteiger partial charge in [0.25, 0.3) is 0 Å². The Balaban J connectivity index is 1.74. The predicted octanol–water partition coefficient (Wildman–Crippen LogP) is 4.82. The number of anilines is 2. The van der Waals surface area contributed by atoms with Gasteiger partial charge in [0, 0.05) is 21.5 Å². The van der Waals surface area contributed by atoms with Gasteiger partial charge >= 0.3 is 0 Å². The van der Waals surface area contributed by atoms with E-state index in [9.17, 15) is 0 Å². The van der Waals surface area contributed by atoms with E-state index in [1.807, 2.05) is 23.6 Å². The van der Waals surface area contributed by atoms with E-state index in [1.165, 1.54) is 21.8 Å². The molecule has 21 heavy (non-hydrogen) atoms. The van der Waals surface area contributed by atoms with Gasteiger partial charge in [0.05, 0.1) is 5.69 Å². The second-order valence-corrected chi connectivity index (χ2v) is 6.44. The Labute approximate surface area is 132 Å². The minimum Gasteiger partial charge on any atom is -0.375 e. The first-order chi connectivity index (χ1) is 10.2. The summed E-state index contributed by atoms with van der Waals surface area (Å²) in [6, 6.07) is 16.6. The number of aryl methyl sites for hydroxylation is 1. The lowest BCUT2D eigenvalue weighted by molar-refractivity contribution is 1.36. The van der Waals surface area contributed by atoms with Gasteiger partial charge in [0.2, 0.25) is 0 Å². The zero-order valence-corrected chi connectivity index (χ0v) is 13.2. The molecule has 0 spiro atoms. The van der Waals surface area contributed by atoms with Crippen LogP contribution in [0.1, 0.15) is 5.56 Å². The molecule has 0 saturated carbocycles. The van der Waals surface area contributed by atoms with E-state index in [2.05, 4.69) is 47.0 Å². The van der Waals surface area contributed by atoms with Crippen molar-refractivity contribution in [3.05, 3.63) is 59.5 Å². The number of hydrogen-bond acceptors (Lipinski definition) is 5. The molecule has 0 unspecified atom stereocenters. The molecule has 0 fully saturated rings. The number of nitrogens with zero attached hydrogens (tertiary/aromatic N) is 1. The molecule has 3 N–H and O–H groups in total. The van der Waals surface area contributed by atoms with E-state index >= 15 is 0 Å². The molecular formula is C16H15N3S2. The van der Waals surface area contributed by atoms with Gasteiger partial charge in [-0.25, -0.2) is 4.98 Å². The van der Waals surface area contributed by atoms with Crippen molar-refractivity contribution in [3.63, 3.8) is 0 Å². The Hall–Kier alpha value is -1.98. The summed E-state index contributed by atoms with van der Waals surface area (Å²) in [6.07, 6.45) is 0. The highest BCUT2D eigenvalue weighted by atomic mass is 32.2. The van der Waals surface area contributed by atoms with Gasteiger partial charge in [-0.2, -0.15) is 0 Å². The van der Waals surface area contributed by atoms with Crippen LogP contribution in [0, 0.1) is 6.92 Å². The third-order valence-corrected chi connectivity index (χ3v) is 4.46. The van der Waals surface area contributed by atoms with Crippen molar-refractivity contribution >= 4 is 34.1 Å². The molecule has 0 saturated heterocycles. The third kappa shape index (κ3) is 3.56. The van der Waals surface area contributed by atoms with Crippen LogP contribution < -0.4 is 10.5 Å². The number of nitrogens with two attached hydrogens (primary N) is 1. The lowest BCUT2D eigenvalue weighted by Crippen LogP contribution is -1.88. The number of thiazole rings is 1. The SMILES string of the molecule is Cc1cccc(SNc2cccc(-c3csc(N)n3)c2)c1. The van der Waals surface area contributed by atoms with E-state index in [4.69, 9.17) is 5.73 Å². The van der Waals surface area contributed by atoms with Crippen molar-refractivity contribution in [2.75, 3.05) is 10.5 Å². The quantitative estimate of drug-likeness (QED) is 0.678. The van der Waals surface area contributed by atoms with E-state index in [1.54, 1.807) is 11.9 Å². The summed E-state index contributed by atoms with van der Waals surface area (Å²) < 4.78 is 3.37. The van der Waals surface area contributed by atoms with Crippen molar-refractivity contribution in [2.45, 2.75) is 11.8 Å². The molecule has 1 heterocycles. The lowest BCUT2D eigenvalue weighted by atomic mass is 10.1. The highest BCUT2D eigenvalue weighted by Gasteiger charge is 2.03. The molecule has 3 rings (SSSR count).